The fraction of sp³-hybridized carbons (Fsp3) is 0.286. The Morgan fingerprint density at radius 1 is 1.39 bits per heavy atom. The Morgan fingerprint density at radius 2 is 2.22 bits per heavy atom. The highest BCUT2D eigenvalue weighted by atomic mass is 19.1. The second-order valence-electron chi connectivity index (χ2n) is 4.60. The third-order valence-corrected chi connectivity index (χ3v) is 3.46. The molecule has 0 aliphatic heterocycles. The summed E-state index contributed by atoms with van der Waals surface area (Å²) in [7, 11) is 0. The average molecular weight is 241 g/mol. The summed E-state index contributed by atoms with van der Waals surface area (Å²) in [6, 6.07) is 6.75. The molecule has 18 heavy (non-hydrogen) atoms. The summed E-state index contributed by atoms with van der Waals surface area (Å²) in [4.78, 5) is 0. The quantitative estimate of drug-likeness (QED) is 0.809. The number of rotatable bonds is 2. The minimum atomic E-state index is -0.333. The summed E-state index contributed by atoms with van der Waals surface area (Å²) < 4.78 is 15.2. The second-order valence-corrected chi connectivity index (χ2v) is 4.60. The summed E-state index contributed by atoms with van der Waals surface area (Å²) in [6.45, 7) is 0. The smallest absolute Gasteiger partial charge is 0.123 e. The van der Waals surface area contributed by atoms with E-state index in [4.69, 9.17) is 5.26 Å². The molecule has 4 heteroatoms. The lowest BCUT2D eigenvalue weighted by Gasteiger charge is -2.25. The first-order valence-corrected chi connectivity index (χ1v) is 6.02. The Kier molecular flexibility index (Phi) is 2.60. The van der Waals surface area contributed by atoms with Gasteiger partial charge < -0.3 is 0 Å². The number of halogens is 1. The lowest BCUT2D eigenvalue weighted by molar-refractivity contribution is 0.289. The predicted molar refractivity (Wildman–Crippen MR) is 65.2 cm³/mol. The van der Waals surface area contributed by atoms with Crippen molar-refractivity contribution in [1.29, 1.82) is 5.26 Å². The van der Waals surface area contributed by atoms with E-state index in [0.717, 1.165) is 18.4 Å². The first-order valence-electron chi connectivity index (χ1n) is 6.02. The zero-order valence-electron chi connectivity index (χ0n) is 9.81. The molecular formula is C14H12FN3. The van der Waals surface area contributed by atoms with Crippen molar-refractivity contribution in [2.24, 2.45) is 0 Å². The van der Waals surface area contributed by atoms with Gasteiger partial charge in [0.25, 0.3) is 0 Å². The molecule has 3 rings (SSSR count). The molecule has 1 aromatic heterocycles. The molecule has 0 unspecified atom stereocenters. The van der Waals surface area contributed by atoms with Gasteiger partial charge in [0.1, 0.15) is 5.82 Å². The number of hydrogen-bond donors (Lipinski definition) is 0. The van der Waals surface area contributed by atoms with Gasteiger partial charge in [0.15, 0.2) is 0 Å². The number of nitriles is 1. The van der Waals surface area contributed by atoms with Gasteiger partial charge in [-0.25, -0.2) is 4.39 Å². The van der Waals surface area contributed by atoms with E-state index in [1.54, 1.807) is 6.20 Å². The van der Waals surface area contributed by atoms with Gasteiger partial charge in [0, 0.05) is 17.3 Å². The first kappa shape index (κ1) is 11.0. The second kappa shape index (κ2) is 4.26. The number of benzene rings is 1. The Labute approximate surface area is 104 Å². The molecular weight excluding hydrogens is 229 g/mol. The Hall–Kier alpha value is -2.15. The topological polar surface area (TPSA) is 41.6 Å². The molecule has 0 radical (unpaired) electrons. The summed E-state index contributed by atoms with van der Waals surface area (Å²) in [5.41, 5.74) is 1.89. The Morgan fingerprint density at radius 3 is 2.89 bits per heavy atom. The van der Waals surface area contributed by atoms with Crippen LogP contribution in [0.2, 0.25) is 0 Å². The van der Waals surface area contributed by atoms with Crippen LogP contribution in [0, 0.1) is 17.1 Å². The van der Waals surface area contributed by atoms with E-state index in [-0.39, 0.29) is 5.82 Å². The van der Waals surface area contributed by atoms with Gasteiger partial charge in [-0.1, -0.05) is 0 Å². The maximum absolute atomic E-state index is 13.3. The summed E-state index contributed by atoms with van der Waals surface area (Å²) in [5.74, 6) is -0.333. The van der Waals surface area contributed by atoms with E-state index in [9.17, 15) is 4.39 Å². The van der Waals surface area contributed by atoms with Crippen LogP contribution in [-0.4, -0.2) is 9.78 Å². The third-order valence-electron chi connectivity index (χ3n) is 3.46. The monoisotopic (exact) mass is 241 g/mol. The van der Waals surface area contributed by atoms with E-state index >= 15 is 0 Å². The summed E-state index contributed by atoms with van der Waals surface area (Å²) in [5, 5.41) is 13.3. The minimum absolute atomic E-state index is 0.333. The summed E-state index contributed by atoms with van der Waals surface area (Å²) >= 11 is 0. The molecule has 1 aliphatic rings. The van der Waals surface area contributed by atoms with Gasteiger partial charge in [0.05, 0.1) is 23.9 Å². The fourth-order valence-corrected chi connectivity index (χ4v) is 2.18. The zero-order valence-corrected chi connectivity index (χ0v) is 9.81. The van der Waals surface area contributed by atoms with Gasteiger partial charge >= 0.3 is 0 Å². The van der Waals surface area contributed by atoms with Crippen LogP contribution in [0.15, 0.2) is 30.6 Å². The summed E-state index contributed by atoms with van der Waals surface area (Å²) in [6.07, 6.45) is 7.14. The minimum Gasteiger partial charge on any atom is -0.269 e. The van der Waals surface area contributed by atoms with Crippen LogP contribution in [0.1, 0.15) is 30.9 Å². The van der Waals surface area contributed by atoms with Gasteiger partial charge in [-0.15, -0.1) is 0 Å². The number of hydrogen-bond acceptors (Lipinski definition) is 2. The average Bonchev–Trinajstić information content (AvgIpc) is 2.76. The van der Waals surface area contributed by atoms with Crippen LogP contribution < -0.4 is 0 Å². The molecule has 3 nitrogen and oxygen atoms in total. The first-order chi connectivity index (χ1) is 8.78. The van der Waals surface area contributed by atoms with Gasteiger partial charge in [-0.2, -0.15) is 10.4 Å². The van der Waals surface area contributed by atoms with Crippen LogP contribution in [0.3, 0.4) is 0 Å². The standard InChI is InChI=1S/C14H12FN3/c15-12-5-4-10(7-16)14(6-12)11-8-17-18(9-11)13-2-1-3-13/h4-6,8-9,13H,1-3H2. The Bertz CT molecular complexity index is 620. The van der Waals surface area contributed by atoms with Crippen molar-refractivity contribution in [3.8, 4) is 17.2 Å². The van der Waals surface area contributed by atoms with E-state index < -0.39 is 0 Å². The molecule has 0 bridgehead atoms. The highest BCUT2D eigenvalue weighted by molar-refractivity contribution is 5.69. The molecule has 90 valence electrons. The highest BCUT2D eigenvalue weighted by Gasteiger charge is 2.20. The van der Waals surface area contributed by atoms with Crippen molar-refractivity contribution in [2.75, 3.05) is 0 Å². The van der Waals surface area contributed by atoms with E-state index in [2.05, 4.69) is 11.2 Å². The van der Waals surface area contributed by atoms with Crippen molar-refractivity contribution < 1.29 is 4.39 Å². The molecule has 1 fully saturated rings. The van der Waals surface area contributed by atoms with Crippen molar-refractivity contribution in [3.05, 3.63) is 42.0 Å². The van der Waals surface area contributed by atoms with E-state index in [1.165, 1.54) is 24.6 Å². The zero-order chi connectivity index (χ0) is 12.5. The van der Waals surface area contributed by atoms with Crippen molar-refractivity contribution in [3.63, 3.8) is 0 Å². The van der Waals surface area contributed by atoms with Crippen molar-refractivity contribution in [2.45, 2.75) is 25.3 Å². The van der Waals surface area contributed by atoms with Crippen LogP contribution in [0.4, 0.5) is 4.39 Å². The molecule has 0 atom stereocenters. The lowest BCUT2D eigenvalue weighted by Crippen LogP contribution is -2.16. The van der Waals surface area contributed by atoms with Crippen LogP contribution in [0.25, 0.3) is 11.1 Å². The molecule has 0 N–H and O–H groups in total. The molecule has 1 saturated carbocycles. The Balaban J connectivity index is 2.01. The van der Waals surface area contributed by atoms with Crippen LogP contribution in [0.5, 0.6) is 0 Å². The fourth-order valence-electron chi connectivity index (χ4n) is 2.18. The maximum Gasteiger partial charge on any atom is 0.123 e. The third kappa shape index (κ3) is 1.78. The van der Waals surface area contributed by atoms with Gasteiger partial charge in [0.2, 0.25) is 0 Å². The normalized spacial score (nSPS) is 15.1. The number of aromatic nitrogens is 2. The lowest BCUT2D eigenvalue weighted by atomic mass is 9.93. The van der Waals surface area contributed by atoms with Crippen molar-refractivity contribution >= 4 is 0 Å². The SMILES string of the molecule is N#Cc1ccc(F)cc1-c1cnn(C2CCC2)c1. The van der Waals surface area contributed by atoms with Crippen LogP contribution in [-0.2, 0) is 0 Å². The molecule has 2 aromatic rings. The molecule has 1 aromatic carbocycles. The molecule has 0 saturated heterocycles. The largest absolute Gasteiger partial charge is 0.269 e. The molecule has 1 heterocycles. The highest BCUT2D eigenvalue weighted by Crippen LogP contribution is 2.32. The van der Waals surface area contributed by atoms with Crippen molar-refractivity contribution in [1.82, 2.24) is 9.78 Å². The predicted octanol–water partition coefficient (Wildman–Crippen LogP) is 3.29. The maximum atomic E-state index is 13.3. The number of nitrogens with zero attached hydrogens (tertiary/aromatic N) is 3. The van der Waals surface area contributed by atoms with E-state index in [1.807, 2.05) is 10.9 Å². The van der Waals surface area contributed by atoms with E-state index in [0.29, 0.717) is 17.2 Å². The van der Waals surface area contributed by atoms with Gasteiger partial charge in [-0.3, -0.25) is 4.68 Å². The molecule has 0 spiro atoms. The molecule has 1 aliphatic carbocycles. The molecule has 0 amide bonds. The van der Waals surface area contributed by atoms with Gasteiger partial charge in [-0.05, 0) is 37.5 Å². The van der Waals surface area contributed by atoms with Crippen LogP contribution >= 0.6 is 0 Å².